The summed E-state index contributed by atoms with van der Waals surface area (Å²) in [7, 11) is 0.243. The van der Waals surface area contributed by atoms with Gasteiger partial charge in [0, 0.05) is 44.2 Å². The van der Waals surface area contributed by atoms with Gasteiger partial charge in [-0.05, 0) is 72.3 Å². The molecule has 0 N–H and O–H groups in total. The van der Waals surface area contributed by atoms with E-state index in [0.29, 0.717) is 5.75 Å². The van der Waals surface area contributed by atoms with E-state index in [-0.39, 0.29) is 10.5 Å². The number of ether oxygens (including phenoxy) is 1. The lowest BCUT2D eigenvalue weighted by Crippen LogP contribution is -2.44. The number of carbonyl (C=O) groups excluding carboxylic acids is 1. The zero-order valence-electron chi connectivity index (χ0n) is 20.6. The van der Waals surface area contributed by atoms with Gasteiger partial charge in [-0.15, -0.1) is 0 Å². The van der Waals surface area contributed by atoms with Crippen molar-refractivity contribution >= 4 is 27.4 Å². The van der Waals surface area contributed by atoms with Crippen molar-refractivity contribution in [2.75, 3.05) is 51.5 Å². The van der Waals surface area contributed by atoms with Crippen LogP contribution in [0.4, 0.5) is 10.1 Å². The summed E-state index contributed by atoms with van der Waals surface area (Å²) in [4.78, 5) is 17.6. The summed E-state index contributed by atoms with van der Waals surface area (Å²) in [6.07, 6.45) is 4.28. The maximum Gasteiger partial charge on any atom is 0.188 e. The van der Waals surface area contributed by atoms with Crippen LogP contribution >= 0.6 is 0 Å². The van der Waals surface area contributed by atoms with E-state index in [9.17, 15) is 17.6 Å². The van der Waals surface area contributed by atoms with Gasteiger partial charge in [-0.25, -0.2) is 12.8 Å². The molecule has 0 aliphatic carbocycles. The first-order valence-corrected chi connectivity index (χ1v) is 13.5. The summed E-state index contributed by atoms with van der Waals surface area (Å²) >= 11 is 0. The van der Waals surface area contributed by atoms with E-state index < -0.39 is 21.4 Å². The molecule has 1 saturated heterocycles. The minimum Gasteiger partial charge on any atom is -0.497 e. The van der Waals surface area contributed by atoms with Gasteiger partial charge in [-0.1, -0.05) is 18.2 Å². The van der Waals surface area contributed by atoms with Gasteiger partial charge >= 0.3 is 0 Å². The number of likely N-dealkylation sites (N-methyl/N-ethyl adjacent to an activating group) is 1. The molecular formula is C28H29FN2O4S. The van der Waals surface area contributed by atoms with E-state index >= 15 is 0 Å². The lowest BCUT2D eigenvalue weighted by Gasteiger charge is -2.35. The Balaban J connectivity index is 1.69. The second-order valence-corrected chi connectivity index (χ2v) is 10.9. The van der Waals surface area contributed by atoms with Crippen molar-refractivity contribution in [3.63, 3.8) is 0 Å². The number of carbonyl (C=O) groups is 1. The van der Waals surface area contributed by atoms with Gasteiger partial charge in [0.2, 0.25) is 0 Å². The van der Waals surface area contributed by atoms with E-state index in [2.05, 4.69) is 16.8 Å². The highest BCUT2D eigenvalue weighted by Crippen LogP contribution is 2.30. The van der Waals surface area contributed by atoms with E-state index in [1.165, 1.54) is 31.6 Å². The summed E-state index contributed by atoms with van der Waals surface area (Å²) in [5.41, 5.74) is 3.52. The molecule has 0 radical (unpaired) electrons. The molecule has 0 aromatic heterocycles. The van der Waals surface area contributed by atoms with Crippen molar-refractivity contribution in [3.8, 4) is 16.9 Å². The lowest BCUT2D eigenvalue weighted by molar-refractivity contribution is 0.104. The topological polar surface area (TPSA) is 66.9 Å². The molecule has 3 aromatic rings. The summed E-state index contributed by atoms with van der Waals surface area (Å²) in [5.74, 6) is -0.731. The third-order valence-corrected chi connectivity index (χ3v) is 7.47. The maximum atomic E-state index is 14.4. The summed E-state index contributed by atoms with van der Waals surface area (Å²) in [5, 5.41) is 0. The fourth-order valence-corrected chi connectivity index (χ4v) is 4.81. The normalized spacial score (nSPS) is 14.8. The highest BCUT2D eigenvalue weighted by Gasteiger charge is 2.18. The molecule has 1 aliphatic heterocycles. The minimum absolute atomic E-state index is 0.0271. The third kappa shape index (κ3) is 5.83. The Hall–Kier alpha value is -3.49. The summed E-state index contributed by atoms with van der Waals surface area (Å²) < 4.78 is 43.1. The number of sulfone groups is 1. The molecule has 36 heavy (non-hydrogen) atoms. The smallest absolute Gasteiger partial charge is 0.188 e. The molecule has 6 nitrogen and oxygen atoms in total. The molecule has 0 bridgehead atoms. The van der Waals surface area contributed by atoms with Crippen LogP contribution in [0.5, 0.6) is 5.75 Å². The number of allylic oxidation sites excluding steroid dienone is 1. The quantitative estimate of drug-likeness (QED) is 0.345. The molecule has 1 heterocycles. The monoisotopic (exact) mass is 508 g/mol. The molecule has 0 atom stereocenters. The average Bonchev–Trinajstić information content (AvgIpc) is 2.87. The van der Waals surface area contributed by atoms with Crippen LogP contribution in [0.15, 0.2) is 71.6 Å². The van der Waals surface area contributed by atoms with Crippen LogP contribution in [-0.4, -0.2) is 65.7 Å². The molecule has 0 saturated carbocycles. The Bertz CT molecular complexity index is 1390. The summed E-state index contributed by atoms with van der Waals surface area (Å²) in [6.45, 7) is 3.54. The second-order valence-electron chi connectivity index (χ2n) is 8.90. The van der Waals surface area contributed by atoms with Gasteiger partial charge < -0.3 is 14.5 Å². The van der Waals surface area contributed by atoms with Crippen molar-refractivity contribution in [1.29, 1.82) is 0 Å². The molecule has 1 fully saturated rings. The van der Waals surface area contributed by atoms with E-state index in [0.717, 1.165) is 48.6 Å². The van der Waals surface area contributed by atoms with Gasteiger partial charge in [0.15, 0.2) is 15.6 Å². The lowest BCUT2D eigenvalue weighted by atomic mass is 10.00. The van der Waals surface area contributed by atoms with Crippen molar-refractivity contribution in [2.24, 2.45) is 0 Å². The fourth-order valence-electron chi connectivity index (χ4n) is 4.18. The number of ketones is 1. The predicted molar refractivity (Wildman–Crippen MR) is 141 cm³/mol. The number of rotatable bonds is 7. The SMILES string of the molecule is COc1ccc(C(=O)C=Cc2cc(-c3ccc(S(C)(=O)=O)cc3)ccc2N2CCN(C)CC2)c(F)c1. The van der Waals surface area contributed by atoms with Gasteiger partial charge in [0.25, 0.3) is 0 Å². The molecule has 8 heteroatoms. The van der Waals surface area contributed by atoms with Crippen LogP contribution < -0.4 is 9.64 Å². The van der Waals surface area contributed by atoms with Crippen molar-refractivity contribution in [2.45, 2.75) is 4.90 Å². The highest BCUT2D eigenvalue weighted by molar-refractivity contribution is 7.90. The Morgan fingerprint density at radius 2 is 1.61 bits per heavy atom. The number of methoxy groups -OCH3 is 1. The van der Waals surface area contributed by atoms with Gasteiger partial charge in [0.1, 0.15) is 11.6 Å². The van der Waals surface area contributed by atoms with Crippen LogP contribution in [0, 0.1) is 5.82 Å². The number of hydrogen-bond acceptors (Lipinski definition) is 6. The number of halogens is 1. The van der Waals surface area contributed by atoms with Crippen molar-refractivity contribution in [3.05, 3.63) is 83.7 Å². The predicted octanol–water partition coefficient (Wildman–Crippen LogP) is 4.55. The van der Waals surface area contributed by atoms with E-state index in [1.807, 2.05) is 18.2 Å². The number of nitrogens with zero attached hydrogens (tertiary/aromatic N) is 2. The van der Waals surface area contributed by atoms with E-state index in [1.54, 1.807) is 36.4 Å². The Morgan fingerprint density at radius 1 is 0.944 bits per heavy atom. The molecule has 1 aliphatic rings. The van der Waals surface area contributed by atoms with Crippen LogP contribution in [0.25, 0.3) is 17.2 Å². The standard InChI is InChI=1S/C28H29FN2O4S/c1-30-14-16-31(17-15-30)27-12-6-21(20-4-9-24(10-5-20)36(3,33)34)18-22(27)7-13-28(32)25-11-8-23(35-2)19-26(25)29/h4-13,18-19H,14-17H2,1-3H3. The zero-order chi connectivity index (χ0) is 25.9. The molecular weight excluding hydrogens is 479 g/mol. The largest absolute Gasteiger partial charge is 0.497 e. The fraction of sp³-hybridized carbons (Fsp3) is 0.250. The van der Waals surface area contributed by atoms with Gasteiger partial charge in [0.05, 0.1) is 17.6 Å². The van der Waals surface area contributed by atoms with E-state index in [4.69, 9.17) is 4.74 Å². The van der Waals surface area contributed by atoms with Crippen LogP contribution in [0.1, 0.15) is 15.9 Å². The second kappa shape index (κ2) is 10.6. The Labute approximate surface area is 211 Å². The zero-order valence-corrected chi connectivity index (χ0v) is 21.4. The molecule has 0 amide bonds. The van der Waals surface area contributed by atoms with Crippen LogP contribution in [0.3, 0.4) is 0 Å². The molecule has 4 rings (SSSR count). The third-order valence-electron chi connectivity index (χ3n) is 6.34. The highest BCUT2D eigenvalue weighted by atomic mass is 32.2. The number of hydrogen-bond donors (Lipinski definition) is 0. The molecule has 188 valence electrons. The Kier molecular flexibility index (Phi) is 7.56. The maximum absolute atomic E-state index is 14.4. The first kappa shape index (κ1) is 25.6. The van der Waals surface area contributed by atoms with Crippen LogP contribution in [0.2, 0.25) is 0 Å². The summed E-state index contributed by atoms with van der Waals surface area (Å²) in [6, 6.07) is 16.9. The first-order chi connectivity index (χ1) is 17.2. The number of anilines is 1. The van der Waals surface area contributed by atoms with Crippen molar-refractivity contribution in [1.82, 2.24) is 4.90 Å². The first-order valence-electron chi connectivity index (χ1n) is 11.6. The van der Waals surface area contributed by atoms with Crippen LogP contribution in [-0.2, 0) is 9.84 Å². The molecule has 0 spiro atoms. The average molecular weight is 509 g/mol. The van der Waals surface area contributed by atoms with Crippen molar-refractivity contribution < 1.29 is 22.3 Å². The molecule has 0 unspecified atom stereocenters. The minimum atomic E-state index is -3.29. The number of benzene rings is 3. The van der Waals surface area contributed by atoms with Gasteiger partial charge in [-0.2, -0.15) is 0 Å². The Morgan fingerprint density at radius 3 is 2.22 bits per heavy atom. The molecule has 3 aromatic carbocycles. The number of piperazine rings is 1. The van der Waals surface area contributed by atoms with Gasteiger partial charge in [-0.3, -0.25) is 4.79 Å².